The van der Waals surface area contributed by atoms with Gasteiger partial charge in [0, 0.05) is 42.0 Å². The Morgan fingerprint density at radius 1 is 1.03 bits per heavy atom. The zero-order valence-corrected chi connectivity index (χ0v) is 21.1. The molecule has 37 heavy (non-hydrogen) atoms. The number of aromatic amines is 1. The van der Waals surface area contributed by atoms with Crippen molar-refractivity contribution in [2.24, 2.45) is 17.6 Å². The van der Waals surface area contributed by atoms with Crippen molar-refractivity contribution >= 4 is 34.4 Å². The SMILES string of the molecule is CN(C(=O)C1C(c2ccccc2)CCN1C(=O)C1CCC(CN)CC1)c1ccc2[nH]c(C(=O)O)cc2c1. The van der Waals surface area contributed by atoms with Crippen LogP contribution in [0.25, 0.3) is 10.9 Å². The number of carbonyl (C=O) groups excluding carboxylic acids is 2. The third kappa shape index (κ3) is 4.85. The molecule has 1 saturated carbocycles. The Kier molecular flexibility index (Phi) is 7.02. The minimum atomic E-state index is -1.03. The average Bonchev–Trinajstić information content (AvgIpc) is 3.57. The van der Waals surface area contributed by atoms with Crippen molar-refractivity contribution in [3.63, 3.8) is 0 Å². The lowest BCUT2D eigenvalue weighted by atomic mass is 9.81. The number of anilines is 1. The molecule has 4 N–H and O–H groups in total. The molecule has 2 amide bonds. The van der Waals surface area contributed by atoms with Crippen molar-refractivity contribution in [3.05, 3.63) is 65.9 Å². The number of aromatic nitrogens is 1. The number of carboxylic acid groups (broad SMARTS) is 1. The highest BCUT2D eigenvalue weighted by Gasteiger charge is 2.45. The molecule has 2 aliphatic rings. The molecule has 1 aliphatic carbocycles. The molecule has 0 bridgehead atoms. The number of likely N-dealkylation sites (N-methyl/N-ethyl adjacent to an activating group) is 1. The first-order chi connectivity index (χ1) is 17.9. The molecule has 2 unspecified atom stereocenters. The van der Waals surface area contributed by atoms with Gasteiger partial charge in [-0.2, -0.15) is 0 Å². The maximum absolute atomic E-state index is 14.1. The number of likely N-dealkylation sites (tertiary alicyclic amines) is 1. The molecule has 2 atom stereocenters. The fourth-order valence-corrected chi connectivity index (χ4v) is 6.04. The highest BCUT2D eigenvalue weighted by Crippen LogP contribution is 2.38. The molecule has 8 nitrogen and oxygen atoms in total. The van der Waals surface area contributed by atoms with Gasteiger partial charge in [0.25, 0.3) is 0 Å². The van der Waals surface area contributed by atoms with E-state index in [2.05, 4.69) is 4.98 Å². The Morgan fingerprint density at radius 2 is 1.76 bits per heavy atom. The van der Waals surface area contributed by atoms with Crippen LogP contribution in [0.1, 0.15) is 54.1 Å². The number of fused-ring (bicyclic) bond motifs is 1. The summed E-state index contributed by atoms with van der Waals surface area (Å²) in [5, 5.41) is 10.0. The van der Waals surface area contributed by atoms with Crippen LogP contribution in [0.5, 0.6) is 0 Å². The average molecular weight is 503 g/mol. The first kappa shape index (κ1) is 25.0. The molecule has 2 aromatic carbocycles. The normalized spacial score (nSPS) is 23.8. The van der Waals surface area contributed by atoms with E-state index < -0.39 is 12.0 Å². The van der Waals surface area contributed by atoms with Crippen molar-refractivity contribution in [2.75, 3.05) is 25.0 Å². The van der Waals surface area contributed by atoms with E-state index in [9.17, 15) is 19.5 Å². The molecule has 2 heterocycles. The fraction of sp³-hybridized carbons (Fsp3) is 0.414. The van der Waals surface area contributed by atoms with Crippen LogP contribution in [0, 0.1) is 11.8 Å². The summed E-state index contributed by atoms with van der Waals surface area (Å²) in [5.41, 5.74) is 8.36. The van der Waals surface area contributed by atoms with Gasteiger partial charge in [-0.1, -0.05) is 30.3 Å². The van der Waals surface area contributed by atoms with Crippen molar-refractivity contribution in [3.8, 4) is 0 Å². The molecule has 1 saturated heterocycles. The van der Waals surface area contributed by atoms with Crippen molar-refractivity contribution in [1.82, 2.24) is 9.88 Å². The molecule has 2 fully saturated rings. The van der Waals surface area contributed by atoms with Gasteiger partial charge in [-0.25, -0.2) is 4.79 Å². The van der Waals surface area contributed by atoms with E-state index in [-0.39, 0.29) is 29.3 Å². The van der Waals surface area contributed by atoms with Crippen LogP contribution in [0.15, 0.2) is 54.6 Å². The van der Waals surface area contributed by atoms with E-state index in [4.69, 9.17) is 5.73 Å². The van der Waals surface area contributed by atoms with E-state index in [1.807, 2.05) is 41.3 Å². The summed E-state index contributed by atoms with van der Waals surface area (Å²) in [6, 6.07) is 16.3. The molecule has 194 valence electrons. The van der Waals surface area contributed by atoms with Gasteiger partial charge in [0.2, 0.25) is 11.8 Å². The Morgan fingerprint density at radius 3 is 2.43 bits per heavy atom. The summed E-state index contributed by atoms with van der Waals surface area (Å²) in [6.07, 6.45) is 4.28. The topological polar surface area (TPSA) is 120 Å². The zero-order valence-electron chi connectivity index (χ0n) is 21.1. The molecular formula is C29H34N4O4. The van der Waals surface area contributed by atoms with Crippen molar-refractivity contribution < 1.29 is 19.5 Å². The van der Waals surface area contributed by atoms with E-state index in [1.165, 1.54) is 0 Å². The monoisotopic (exact) mass is 502 g/mol. The molecule has 0 spiro atoms. The van der Waals surface area contributed by atoms with Crippen LogP contribution in [-0.4, -0.2) is 59.0 Å². The Labute approximate surface area is 216 Å². The predicted molar refractivity (Wildman–Crippen MR) is 142 cm³/mol. The van der Waals surface area contributed by atoms with Gasteiger partial charge in [-0.05, 0) is 74.4 Å². The molecule has 0 radical (unpaired) electrons. The van der Waals surface area contributed by atoms with Gasteiger partial charge >= 0.3 is 5.97 Å². The number of carboxylic acids is 1. The standard InChI is InChI=1S/C29H34N4O4/c1-32(22-11-12-24-21(15-22)16-25(31-24)29(36)37)28(35)26-23(19-5-3-2-4-6-19)13-14-33(26)27(34)20-9-7-18(17-30)8-10-20/h2-6,11-12,15-16,18,20,23,26,31H,7-10,13-14,17,30H2,1H3,(H,36,37). The maximum Gasteiger partial charge on any atom is 0.352 e. The number of nitrogens with zero attached hydrogens (tertiary/aromatic N) is 2. The quantitative estimate of drug-likeness (QED) is 0.471. The number of aromatic carboxylic acids is 1. The first-order valence-electron chi connectivity index (χ1n) is 13.1. The minimum absolute atomic E-state index is 0.0661. The van der Waals surface area contributed by atoms with Gasteiger partial charge < -0.3 is 25.6 Å². The molecule has 1 aromatic heterocycles. The van der Waals surface area contributed by atoms with E-state index in [0.717, 1.165) is 37.7 Å². The highest BCUT2D eigenvalue weighted by atomic mass is 16.4. The van der Waals surface area contributed by atoms with E-state index >= 15 is 0 Å². The lowest BCUT2D eigenvalue weighted by Gasteiger charge is -2.35. The number of nitrogens with two attached hydrogens (primary N) is 1. The smallest absolute Gasteiger partial charge is 0.352 e. The predicted octanol–water partition coefficient (Wildman–Crippen LogP) is 3.98. The first-order valence-corrected chi connectivity index (χ1v) is 13.1. The second-order valence-electron chi connectivity index (χ2n) is 10.4. The van der Waals surface area contributed by atoms with Crippen LogP contribution >= 0.6 is 0 Å². The van der Waals surface area contributed by atoms with Gasteiger partial charge in [0.15, 0.2) is 0 Å². The number of amides is 2. The Hall–Kier alpha value is -3.65. The third-order valence-corrected chi connectivity index (χ3v) is 8.24. The second-order valence-corrected chi connectivity index (χ2v) is 10.4. The van der Waals surface area contributed by atoms with Crippen LogP contribution in [0.2, 0.25) is 0 Å². The van der Waals surface area contributed by atoms with Crippen molar-refractivity contribution in [1.29, 1.82) is 0 Å². The summed E-state index contributed by atoms with van der Waals surface area (Å²) < 4.78 is 0. The van der Waals surface area contributed by atoms with E-state index in [1.54, 1.807) is 30.1 Å². The van der Waals surface area contributed by atoms with Crippen molar-refractivity contribution in [2.45, 2.75) is 44.1 Å². The summed E-state index contributed by atoms with van der Waals surface area (Å²) >= 11 is 0. The second kappa shape index (κ2) is 10.4. The lowest BCUT2D eigenvalue weighted by molar-refractivity contribution is -0.142. The summed E-state index contributed by atoms with van der Waals surface area (Å²) in [6.45, 7) is 1.21. The number of benzene rings is 2. The third-order valence-electron chi connectivity index (χ3n) is 8.24. The molecule has 5 rings (SSSR count). The minimum Gasteiger partial charge on any atom is -0.477 e. The Bertz CT molecular complexity index is 1300. The number of nitrogens with one attached hydrogen (secondary N) is 1. The number of rotatable bonds is 6. The summed E-state index contributed by atoms with van der Waals surface area (Å²) in [5.74, 6) is -0.767. The lowest BCUT2D eigenvalue weighted by Crippen LogP contribution is -2.50. The molecule has 3 aromatic rings. The van der Waals surface area contributed by atoms with Gasteiger partial charge in [-0.15, -0.1) is 0 Å². The summed E-state index contributed by atoms with van der Waals surface area (Å²) in [4.78, 5) is 45.5. The van der Waals surface area contributed by atoms with Crippen LogP contribution in [0.4, 0.5) is 5.69 Å². The number of carbonyl (C=O) groups is 3. The fourth-order valence-electron chi connectivity index (χ4n) is 6.04. The number of hydrogen-bond donors (Lipinski definition) is 3. The Balaban J connectivity index is 1.43. The largest absolute Gasteiger partial charge is 0.477 e. The number of H-pyrrole nitrogens is 1. The molecular weight excluding hydrogens is 468 g/mol. The maximum atomic E-state index is 14.1. The van der Waals surface area contributed by atoms with Gasteiger partial charge in [-0.3, -0.25) is 9.59 Å². The van der Waals surface area contributed by atoms with Crippen LogP contribution in [0.3, 0.4) is 0 Å². The molecule has 1 aliphatic heterocycles. The van der Waals surface area contributed by atoms with Crippen LogP contribution < -0.4 is 10.6 Å². The van der Waals surface area contributed by atoms with Crippen LogP contribution in [-0.2, 0) is 9.59 Å². The highest BCUT2D eigenvalue weighted by molar-refractivity contribution is 6.02. The summed E-state index contributed by atoms with van der Waals surface area (Å²) in [7, 11) is 1.73. The number of hydrogen-bond acceptors (Lipinski definition) is 4. The van der Waals surface area contributed by atoms with E-state index in [0.29, 0.717) is 35.6 Å². The zero-order chi connectivity index (χ0) is 26.1. The van der Waals surface area contributed by atoms with Gasteiger partial charge in [0.05, 0.1) is 0 Å². The van der Waals surface area contributed by atoms with Gasteiger partial charge in [0.1, 0.15) is 11.7 Å². The molecule has 8 heteroatoms.